The van der Waals surface area contributed by atoms with Gasteiger partial charge < -0.3 is 14.8 Å². The van der Waals surface area contributed by atoms with E-state index in [0.717, 1.165) is 22.7 Å². The highest BCUT2D eigenvalue weighted by atomic mass is 32.1. The summed E-state index contributed by atoms with van der Waals surface area (Å²) in [6.07, 6.45) is 1.66. The van der Waals surface area contributed by atoms with E-state index in [1.807, 2.05) is 53.9 Å². The monoisotopic (exact) mass is 347 g/mol. The first kappa shape index (κ1) is 15.2. The molecule has 1 aliphatic rings. The number of ether oxygens (including phenoxy) is 2. The number of hydrogen-bond acceptors (Lipinski definition) is 6. The third-order valence-corrected chi connectivity index (χ3v) is 4.56. The zero-order valence-corrected chi connectivity index (χ0v) is 13.9. The molecule has 0 atom stereocenters. The van der Waals surface area contributed by atoms with Crippen LogP contribution >= 0.6 is 11.3 Å². The lowest BCUT2D eigenvalue weighted by molar-refractivity contribution is 0.174. The standard InChI is InChI=1S/C19H13N3O2S/c20-9-14(10-21-15-6-7-17-18(8-15)24-12-23-17)19-22-16(11-25-19)13-4-2-1-3-5-13/h1-8,10-11,21H,12H2. The molecule has 1 aromatic heterocycles. The van der Waals surface area contributed by atoms with Crippen molar-refractivity contribution < 1.29 is 9.47 Å². The molecule has 1 aliphatic heterocycles. The average Bonchev–Trinajstić information content (AvgIpc) is 3.32. The molecule has 0 bridgehead atoms. The Morgan fingerprint density at radius 3 is 2.84 bits per heavy atom. The van der Waals surface area contributed by atoms with E-state index in [9.17, 15) is 5.26 Å². The zero-order valence-electron chi connectivity index (χ0n) is 13.1. The molecule has 0 radical (unpaired) electrons. The van der Waals surface area contributed by atoms with Crippen molar-refractivity contribution in [1.82, 2.24) is 4.98 Å². The lowest BCUT2D eigenvalue weighted by Gasteiger charge is -2.03. The minimum atomic E-state index is 0.236. The maximum Gasteiger partial charge on any atom is 0.231 e. The van der Waals surface area contributed by atoms with E-state index in [4.69, 9.17) is 9.47 Å². The minimum absolute atomic E-state index is 0.236. The predicted molar refractivity (Wildman–Crippen MR) is 97.3 cm³/mol. The number of fused-ring (bicyclic) bond motifs is 1. The highest BCUT2D eigenvalue weighted by molar-refractivity contribution is 7.11. The van der Waals surface area contributed by atoms with Crippen molar-refractivity contribution in [2.45, 2.75) is 0 Å². The molecule has 0 amide bonds. The van der Waals surface area contributed by atoms with Crippen molar-refractivity contribution in [2.75, 3.05) is 12.1 Å². The molecular formula is C19H13N3O2S. The molecule has 3 aromatic rings. The molecule has 2 heterocycles. The first-order valence-electron chi connectivity index (χ1n) is 7.61. The number of nitriles is 1. The Labute approximate surface area is 148 Å². The van der Waals surface area contributed by atoms with Gasteiger partial charge in [-0.25, -0.2) is 4.98 Å². The third kappa shape index (κ3) is 3.18. The Balaban J connectivity index is 1.55. The van der Waals surface area contributed by atoms with E-state index < -0.39 is 0 Å². The lowest BCUT2D eigenvalue weighted by atomic mass is 10.2. The van der Waals surface area contributed by atoms with Gasteiger partial charge in [-0.15, -0.1) is 11.3 Å². The summed E-state index contributed by atoms with van der Waals surface area (Å²) in [5.74, 6) is 1.42. The molecule has 0 saturated heterocycles. The molecule has 0 fully saturated rings. The van der Waals surface area contributed by atoms with Crippen LogP contribution in [0, 0.1) is 11.3 Å². The van der Waals surface area contributed by atoms with Crippen LogP contribution in [0.1, 0.15) is 5.01 Å². The second-order valence-electron chi connectivity index (χ2n) is 5.29. The topological polar surface area (TPSA) is 67.2 Å². The molecule has 25 heavy (non-hydrogen) atoms. The van der Waals surface area contributed by atoms with Crippen LogP contribution in [0.4, 0.5) is 5.69 Å². The van der Waals surface area contributed by atoms with Gasteiger partial charge in [0.2, 0.25) is 6.79 Å². The second-order valence-corrected chi connectivity index (χ2v) is 6.14. The van der Waals surface area contributed by atoms with E-state index in [1.165, 1.54) is 11.3 Å². The van der Waals surface area contributed by atoms with Gasteiger partial charge >= 0.3 is 0 Å². The van der Waals surface area contributed by atoms with E-state index in [2.05, 4.69) is 16.4 Å². The number of rotatable bonds is 4. The van der Waals surface area contributed by atoms with Crippen LogP contribution in [0.3, 0.4) is 0 Å². The highest BCUT2D eigenvalue weighted by Crippen LogP contribution is 2.34. The van der Waals surface area contributed by atoms with Crippen LogP contribution in [0.2, 0.25) is 0 Å². The number of hydrogen-bond donors (Lipinski definition) is 1. The number of aromatic nitrogens is 1. The maximum atomic E-state index is 9.46. The van der Waals surface area contributed by atoms with E-state index in [-0.39, 0.29) is 6.79 Å². The molecule has 6 heteroatoms. The van der Waals surface area contributed by atoms with Crippen molar-refractivity contribution in [3.8, 4) is 28.8 Å². The normalized spacial score (nSPS) is 12.7. The Bertz CT molecular complexity index is 974. The quantitative estimate of drug-likeness (QED) is 0.703. The molecule has 5 nitrogen and oxygen atoms in total. The van der Waals surface area contributed by atoms with Crippen molar-refractivity contribution in [3.05, 3.63) is 65.1 Å². The number of nitrogens with zero attached hydrogens (tertiary/aromatic N) is 2. The first-order valence-corrected chi connectivity index (χ1v) is 8.49. The minimum Gasteiger partial charge on any atom is -0.454 e. The van der Waals surface area contributed by atoms with E-state index in [0.29, 0.717) is 16.3 Å². The Kier molecular flexibility index (Phi) is 4.07. The SMILES string of the molecule is N#CC(=CNc1ccc2c(c1)OCO2)c1nc(-c2ccccc2)cs1. The van der Waals surface area contributed by atoms with Gasteiger partial charge in [0.1, 0.15) is 16.6 Å². The Hall–Kier alpha value is -3.30. The fraction of sp³-hybridized carbons (Fsp3) is 0.0526. The van der Waals surface area contributed by atoms with Crippen LogP contribution < -0.4 is 14.8 Å². The fourth-order valence-electron chi connectivity index (χ4n) is 2.42. The van der Waals surface area contributed by atoms with E-state index >= 15 is 0 Å². The summed E-state index contributed by atoms with van der Waals surface area (Å²) in [6.45, 7) is 0.236. The van der Waals surface area contributed by atoms with Gasteiger partial charge in [-0.1, -0.05) is 30.3 Å². The van der Waals surface area contributed by atoms with Crippen LogP contribution in [-0.2, 0) is 0 Å². The molecule has 1 N–H and O–H groups in total. The predicted octanol–water partition coefficient (Wildman–Crippen LogP) is 4.52. The fourth-order valence-corrected chi connectivity index (χ4v) is 3.22. The number of anilines is 1. The molecule has 122 valence electrons. The van der Waals surface area contributed by atoms with Gasteiger partial charge in [0.05, 0.1) is 5.69 Å². The average molecular weight is 347 g/mol. The Morgan fingerprint density at radius 1 is 1.16 bits per heavy atom. The summed E-state index contributed by atoms with van der Waals surface area (Å²) >= 11 is 1.45. The van der Waals surface area contributed by atoms with E-state index in [1.54, 1.807) is 6.20 Å². The van der Waals surface area contributed by atoms with Crippen LogP contribution in [0.15, 0.2) is 60.1 Å². The van der Waals surface area contributed by atoms with Crippen molar-refractivity contribution in [3.63, 3.8) is 0 Å². The summed E-state index contributed by atoms with van der Waals surface area (Å²) in [7, 11) is 0. The molecule has 0 aliphatic carbocycles. The number of benzene rings is 2. The third-order valence-electron chi connectivity index (χ3n) is 3.68. The highest BCUT2D eigenvalue weighted by Gasteiger charge is 2.13. The van der Waals surface area contributed by atoms with Crippen molar-refractivity contribution >= 4 is 22.6 Å². The van der Waals surface area contributed by atoms with Crippen molar-refractivity contribution in [2.24, 2.45) is 0 Å². The summed E-state index contributed by atoms with van der Waals surface area (Å²) in [4.78, 5) is 4.56. The molecule has 2 aromatic carbocycles. The summed E-state index contributed by atoms with van der Waals surface area (Å²) < 4.78 is 10.6. The maximum absolute atomic E-state index is 9.46. The molecule has 4 rings (SSSR count). The largest absolute Gasteiger partial charge is 0.454 e. The first-order chi connectivity index (χ1) is 12.3. The van der Waals surface area contributed by atoms with Gasteiger partial charge in [0.15, 0.2) is 11.5 Å². The molecule has 0 unspecified atom stereocenters. The van der Waals surface area contributed by atoms with Crippen molar-refractivity contribution in [1.29, 1.82) is 5.26 Å². The number of allylic oxidation sites excluding steroid dienone is 1. The van der Waals surface area contributed by atoms with Gasteiger partial charge in [-0.05, 0) is 12.1 Å². The summed E-state index contributed by atoms with van der Waals surface area (Å²) in [6, 6.07) is 17.6. The van der Waals surface area contributed by atoms with Gasteiger partial charge in [0, 0.05) is 28.9 Å². The van der Waals surface area contributed by atoms with Gasteiger partial charge in [-0.2, -0.15) is 5.26 Å². The summed E-state index contributed by atoms with van der Waals surface area (Å²) in [5.41, 5.74) is 3.19. The van der Waals surface area contributed by atoms with Gasteiger partial charge in [0.25, 0.3) is 0 Å². The van der Waals surface area contributed by atoms with Crippen LogP contribution in [0.5, 0.6) is 11.5 Å². The Morgan fingerprint density at radius 2 is 2.00 bits per heavy atom. The van der Waals surface area contributed by atoms with Crippen LogP contribution in [0.25, 0.3) is 16.8 Å². The molecule has 0 saturated carbocycles. The summed E-state index contributed by atoms with van der Waals surface area (Å²) in [5, 5.41) is 15.2. The number of nitrogens with one attached hydrogen (secondary N) is 1. The molecule has 0 spiro atoms. The smallest absolute Gasteiger partial charge is 0.231 e. The zero-order chi connectivity index (χ0) is 17.1. The van der Waals surface area contributed by atoms with Gasteiger partial charge in [-0.3, -0.25) is 0 Å². The number of thiazole rings is 1. The second kappa shape index (κ2) is 6.67. The molecular weight excluding hydrogens is 334 g/mol. The lowest BCUT2D eigenvalue weighted by Crippen LogP contribution is -1.93. The van der Waals surface area contributed by atoms with Crippen LogP contribution in [-0.4, -0.2) is 11.8 Å².